The second kappa shape index (κ2) is 6.70. The zero-order chi connectivity index (χ0) is 10.3. The lowest BCUT2D eigenvalue weighted by atomic mass is 10.0. The Kier molecular flexibility index (Phi) is 6.29. The van der Waals surface area contributed by atoms with Crippen LogP contribution in [0.4, 0.5) is 0 Å². The van der Waals surface area contributed by atoms with Gasteiger partial charge in [0.15, 0.2) is 0 Å². The molecule has 0 aromatic heterocycles. The topological polar surface area (TPSA) is 26.3 Å². The number of hydrogen-bond donors (Lipinski definition) is 0. The number of carbonyl (C=O) groups excluding carboxylic acids is 1. The van der Waals surface area contributed by atoms with Crippen molar-refractivity contribution in [3.8, 4) is 0 Å². The van der Waals surface area contributed by atoms with E-state index in [0.29, 0.717) is 6.61 Å². The van der Waals surface area contributed by atoms with E-state index in [1.165, 1.54) is 5.57 Å². The second-order valence-electron chi connectivity index (χ2n) is 3.37. The summed E-state index contributed by atoms with van der Waals surface area (Å²) < 4.78 is 4.96. The monoisotopic (exact) mass is 184 g/mol. The first kappa shape index (κ1) is 12.2. The first-order valence-corrected chi connectivity index (χ1v) is 4.91. The van der Waals surface area contributed by atoms with Gasteiger partial charge in [-0.05, 0) is 33.6 Å². The maximum Gasteiger partial charge on any atom is 0.309 e. The largest absolute Gasteiger partial charge is 0.466 e. The molecule has 1 unspecified atom stereocenters. The van der Waals surface area contributed by atoms with Crippen molar-refractivity contribution >= 4 is 5.97 Å². The fourth-order valence-corrected chi connectivity index (χ4v) is 1.07. The maximum atomic E-state index is 11.3. The van der Waals surface area contributed by atoms with E-state index >= 15 is 0 Å². The molecule has 0 heterocycles. The summed E-state index contributed by atoms with van der Waals surface area (Å²) in [5.41, 5.74) is 1.25. The lowest BCUT2D eigenvalue weighted by Crippen LogP contribution is -2.16. The van der Waals surface area contributed by atoms with Crippen molar-refractivity contribution in [1.29, 1.82) is 0 Å². The molecule has 2 nitrogen and oxygen atoms in total. The maximum absolute atomic E-state index is 11.3. The van der Waals surface area contributed by atoms with Gasteiger partial charge in [0.25, 0.3) is 0 Å². The summed E-state index contributed by atoms with van der Waals surface area (Å²) in [5.74, 6) is -0.0302. The van der Waals surface area contributed by atoms with Crippen LogP contribution in [-0.2, 0) is 9.53 Å². The standard InChI is InChI=1S/C11H20O2/c1-5-10(8-7-9(3)4)11(12)13-6-2/h7,10H,5-6,8H2,1-4H3. The van der Waals surface area contributed by atoms with Crippen molar-refractivity contribution in [3.05, 3.63) is 11.6 Å². The summed E-state index contributed by atoms with van der Waals surface area (Å²) in [4.78, 5) is 11.3. The molecule has 0 rings (SSSR count). The Hall–Kier alpha value is -0.790. The van der Waals surface area contributed by atoms with E-state index in [4.69, 9.17) is 4.74 Å². The minimum atomic E-state index is -0.0671. The molecule has 0 saturated heterocycles. The minimum absolute atomic E-state index is 0.0369. The quantitative estimate of drug-likeness (QED) is 0.485. The first-order chi connectivity index (χ1) is 6.11. The van der Waals surface area contributed by atoms with E-state index in [1.807, 2.05) is 27.7 Å². The van der Waals surface area contributed by atoms with Crippen LogP contribution in [0.5, 0.6) is 0 Å². The van der Waals surface area contributed by atoms with E-state index in [0.717, 1.165) is 12.8 Å². The van der Waals surface area contributed by atoms with Gasteiger partial charge in [-0.25, -0.2) is 0 Å². The lowest BCUT2D eigenvalue weighted by molar-refractivity contribution is -0.148. The number of allylic oxidation sites excluding steroid dienone is 2. The molecule has 0 aromatic rings. The van der Waals surface area contributed by atoms with E-state index in [1.54, 1.807) is 0 Å². The Morgan fingerprint density at radius 3 is 2.38 bits per heavy atom. The molecule has 0 saturated carbocycles. The van der Waals surface area contributed by atoms with Crippen molar-refractivity contribution in [2.75, 3.05) is 6.61 Å². The van der Waals surface area contributed by atoms with Crippen LogP contribution in [0.1, 0.15) is 40.5 Å². The Balaban J connectivity index is 4.02. The molecule has 0 N–H and O–H groups in total. The van der Waals surface area contributed by atoms with Crippen LogP contribution in [0.3, 0.4) is 0 Å². The third-order valence-electron chi connectivity index (χ3n) is 1.92. The summed E-state index contributed by atoms with van der Waals surface area (Å²) in [6, 6.07) is 0. The van der Waals surface area contributed by atoms with Crippen molar-refractivity contribution in [2.24, 2.45) is 5.92 Å². The van der Waals surface area contributed by atoms with Gasteiger partial charge in [-0.1, -0.05) is 18.6 Å². The van der Waals surface area contributed by atoms with Crippen LogP contribution >= 0.6 is 0 Å². The fourth-order valence-electron chi connectivity index (χ4n) is 1.07. The highest BCUT2D eigenvalue weighted by atomic mass is 16.5. The third kappa shape index (κ3) is 5.45. The van der Waals surface area contributed by atoms with E-state index in [9.17, 15) is 4.79 Å². The van der Waals surface area contributed by atoms with E-state index < -0.39 is 0 Å². The van der Waals surface area contributed by atoms with Gasteiger partial charge in [-0.15, -0.1) is 0 Å². The van der Waals surface area contributed by atoms with Gasteiger partial charge >= 0.3 is 5.97 Å². The van der Waals surface area contributed by atoms with Gasteiger partial charge in [0.05, 0.1) is 12.5 Å². The summed E-state index contributed by atoms with van der Waals surface area (Å²) >= 11 is 0. The molecule has 0 spiro atoms. The summed E-state index contributed by atoms with van der Waals surface area (Å²) in [6.45, 7) is 8.41. The minimum Gasteiger partial charge on any atom is -0.466 e. The van der Waals surface area contributed by atoms with Crippen LogP contribution in [0, 0.1) is 5.92 Å². The fraction of sp³-hybridized carbons (Fsp3) is 0.727. The number of carbonyl (C=O) groups is 1. The highest BCUT2D eigenvalue weighted by molar-refractivity contribution is 5.72. The second-order valence-corrected chi connectivity index (χ2v) is 3.37. The molecule has 0 fully saturated rings. The van der Waals surface area contributed by atoms with Crippen molar-refractivity contribution in [1.82, 2.24) is 0 Å². The molecule has 0 aromatic carbocycles. The highest BCUT2D eigenvalue weighted by Gasteiger charge is 2.15. The third-order valence-corrected chi connectivity index (χ3v) is 1.92. The number of hydrogen-bond acceptors (Lipinski definition) is 2. The molecule has 0 aliphatic carbocycles. The summed E-state index contributed by atoms with van der Waals surface area (Å²) in [7, 11) is 0. The van der Waals surface area contributed by atoms with Gasteiger partial charge in [-0.3, -0.25) is 4.79 Å². The molecule has 13 heavy (non-hydrogen) atoms. The van der Waals surface area contributed by atoms with Crippen LogP contribution in [0.2, 0.25) is 0 Å². The van der Waals surface area contributed by atoms with Crippen molar-refractivity contribution < 1.29 is 9.53 Å². The zero-order valence-corrected chi connectivity index (χ0v) is 9.09. The first-order valence-electron chi connectivity index (χ1n) is 4.91. The Labute approximate surface area is 81.0 Å². The summed E-state index contributed by atoms with van der Waals surface area (Å²) in [6.07, 6.45) is 3.74. The molecule has 0 aliphatic heterocycles. The van der Waals surface area contributed by atoms with Crippen molar-refractivity contribution in [3.63, 3.8) is 0 Å². The van der Waals surface area contributed by atoms with Gasteiger partial charge in [0.1, 0.15) is 0 Å². The van der Waals surface area contributed by atoms with Gasteiger partial charge < -0.3 is 4.74 Å². The molecule has 0 bridgehead atoms. The normalized spacial score (nSPS) is 12.0. The van der Waals surface area contributed by atoms with Gasteiger partial charge in [0.2, 0.25) is 0 Å². The average Bonchev–Trinajstić information content (AvgIpc) is 2.05. The Morgan fingerprint density at radius 2 is 2.00 bits per heavy atom. The Morgan fingerprint density at radius 1 is 1.38 bits per heavy atom. The van der Waals surface area contributed by atoms with Crippen LogP contribution in [-0.4, -0.2) is 12.6 Å². The molecule has 0 amide bonds. The molecule has 2 heteroatoms. The molecule has 0 aliphatic rings. The Bertz CT molecular complexity index is 179. The SMILES string of the molecule is CCOC(=O)C(CC)CC=C(C)C. The van der Waals surface area contributed by atoms with E-state index in [-0.39, 0.29) is 11.9 Å². The van der Waals surface area contributed by atoms with Gasteiger partial charge in [0, 0.05) is 0 Å². The lowest BCUT2D eigenvalue weighted by Gasteiger charge is -2.10. The molecule has 76 valence electrons. The number of rotatable bonds is 5. The molecule has 0 radical (unpaired) electrons. The predicted octanol–water partition coefficient (Wildman–Crippen LogP) is 2.93. The van der Waals surface area contributed by atoms with E-state index in [2.05, 4.69) is 6.08 Å². The van der Waals surface area contributed by atoms with Crippen LogP contribution in [0.15, 0.2) is 11.6 Å². The van der Waals surface area contributed by atoms with Crippen molar-refractivity contribution in [2.45, 2.75) is 40.5 Å². The molecular weight excluding hydrogens is 164 g/mol. The summed E-state index contributed by atoms with van der Waals surface area (Å²) in [5, 5.41) is 0. The number of esters is 1. The van der Waals surface area contributed by atoms with Gasteiger partial charge in [-0.2, -0.15) is 0 Å². The zero-order valence-electron chi connectivity index (χ0n) is 9.09. The molecule has 1 atom stereocenters. The van der Waals surface area contributed by atoms with Crippen LogP contribution < -0.4 is 0 Å². The smallest absolute Gasteiger partial charge is 0.309 e. The average molecular weight is 184 g/mol. The predicted molar refractivity (Wildman–Crippen MR) is 54.5 cm³/mol. The molecular formula is C11H20O2. The number of ether oxygens (including phenoxy) is 1. The van der Waals surface area contributed by atoms with Crippen LogP contribution in [0.25, 0.3) is 0 Å². The highest BCUT2D eigenvalue weighted by Crippen LogP contribution is 2.12.